The summed E-state index contributed by atoms with van der Waals surface area (Å²) in [6, 6.07) is 7.72. The Hall–Kier alpha value is -1.48. The van der Waals surface area contributed by atoms with Gasteiger partial charge in [-0.1, -0.05) is 24.4 Å². The Morgan fingerprint density at radius 1 is 1.28 bits per heavy atom. The summed E-state index contributed by atoms with van der Waals surface area (Å²) in [6.07, 6.45) is 8.57. The predicted molar refractivity (Wildman–Crippen MR) is 106 cm³/mol. The van der Waals surface area contributed by atoms with Gasteiger partial charge in [0.25, 0.3) is 5.91 Å². The average Bonchev–Trinajstić information content (AvgIpc) is 2.90. The molecule has 0 radical (unpaired) electrons. The lowest BCUT2D eigenvalue weighted by Crippen LogP contribution is -2.12. The summed E-state index contributed by atoms with van der Waals surface area (Å²) in [4.78, 5) is 14.9. The number of hydrogen-bond donors (Lipinski definition) is 1. The number of hydrogen-bond acceptors (Lipinski definition) is 4. The molecule has 1 N–H and O–H groups in total. The van der Waals surface area contributed by atoms with E-state index in [0.29, 0.717) is 21.2 Å². The van der Waals surface area contributed by atoms with Crippen molar-refractivity contribution < 1.29 is 4.79 Å². The molecule has 6 heteroatoms. The zero-order chi connectivity index (χ0) is 17.8. The van der Waals surface area contributed by atoms with Gasteiger partial charge in [-0.3, -0.25) is 4.79 Å². The number of rotatable bonds is 3. The van der Waals surface area contributed by atoms with Gasteiger partial charge in [-0.05, 0) is 55.7 Å². The molecule has 0 saturated carbocycles. The van der Waals surface area contributed by atoms with E-state index in [1.165, 1.54) is 17.7 Å². The van der Waals surface area contributed by atoms with Crippen molar-refractivity contribution in [3.8, 4) is 6.07 Å². The zero-order valence-electron chi connectivity index (χ0n) is 14.0. The number of fused-ring (bicyclic) bond motifs is 1. The van der Waals surface area contributed by atoms with Crippen LogP contribution >= 0.6 is 34.7 Å². The Kier molecular flexibility index (Phi) is 6.06. The van der Waals surface area contributed by atoms with E-state index >= 15 is 0 Å². The van der Waals surface area contributed by atoms with Crippen LogP contribution in [0.5, 0.6) is 0 Å². The third-order valence-corrected chi connectivity index (χ3v) is 6.69. The maximum Gasteiger partial charge on any atom is 0.257 e. The van der Waals surface area contributed by atoms with Crippen LogP contribution in [0, 0.1) is 11.3 Å². The minimum absolute atomic E-state index is 0.258. The molecule has 1 heterocycles. The molecule has 1 aliphatic carbocycles. The minimum atomic E-state index is -0.258. The second kappa shape index (κ2) is 8.27. The number of aryl methyl sites for hydroxylation is 1. The molecule has 1 amide bonds. The standard InChI is InChI=1S/C19H19ClN2OS2/c1-24-12-8-9-16(20)14(10-12)18(23)22-19-15(11-21)13-6-4-2-3-5-7-17(13)25-19/h8-10H,2-7H2,1H3,(H,22,23). The Morgan fingerprint density at radius 3 is 2.76 bits per heavy atom. The van der Waals surface area contributed by atoms with E-state index in [-0.39, 0.29) is 5.91 Å². The second-order valence-electron chi connectivity index (χ2n) is 6.03. The lowest BCUT2D eigenvalue weighted by Gasteiger charge is -2.09. The monoisotopic (exact) mass is 390 g/mol. The van der Waals surface area contributed by atoms with E-state index in [9.17, 15) is 10.1 Å². The highest BCUT2D eigenvalue weighted by Gasteiger charge is 2.21. The molecule has 1 aromatic heterocycles. The number of halogens is 1. The fourth-order valence-electron chi connectivity index (χ4n) is 3.10. The van der Waals surface area contributed by atoms with E-state index < -0.39 is 0 Å². The molecule has 3 nitrogen and oxygen atoms in total. The highest BCUT2D eigenvalue weighted by Crippen LogP contribution is 2.37. The van der Waals surface area contributed by atoms with Crippen LogP contribution < -0.4 is 5.32 Å². The zero-order valence-corrected chi connectivity index (χ0v) is 16.4. The van der Waals surface area contributed by atoms with Crippen molar-refractivity contribution in [1.82, 2.24) is 0 Å². The molecule has 25 heavy (non-hydrogen) atoms. The third kappa shape index (κ3) is 4.03. The number of thiophene rings is 1. The first-order chi connectivity index (χ1) is 12.1. The van der Waals surface area contributed by atoms with Gasteiger partial charge in [-0.25, -0.2) is 0 Å². The Labute approximate surface area is 161 Å². The van der Waals surface area contributed by atoms with E-state index in [4.69, 9.17) is 11.6 Å². The Bertz CT molecular complexity index is 839. The second-order valence-corrected chi connectivity index (χ2v) is 8.43. The number of amides is 1. The van der Waals surface area contributed by atoms with Crippen molar-refractivity contribution in [2.75, 3.05) is 11.6 Å². The van der Waals surface area contributed by atoms with Gasteiger partial charge in [-0.2, -0.15) is 5.26 Å². The summed E-state index contributed by atoms with van der Waals surface area (Å²) in [5.41, 5.74) is 2.21. The maximum atomic E-state index is 12.7. The number of carbonyl (C=O) groups excluding carboxylic acids is 1. The van der Waals surface area contributed by atoms with E-state index in [1.807, 2.05) is 12.3 Å². The Morgan fingerprint density at radius 2 is 2.04 bits per heavy atom. The van der Waals surface area contributed by atoms with E-state index in [2.05, 4.69) is 11.4 Å². The fourth-order valence-corrected chi connectivity index (χ4v) is 4.98. The first-order valence-electron chi connectivity index (χ1n) is 8.33. The topological polar surface area (TPSA) is 52.9 Å². The number of benzene rings is 1. The molecular weight excluding hydrogens is 372 g/mol. The molecule has 0 fully saturated rings. The van der Waals surface area contributed by atoms with E-state index in [1.54, 1.807) is 35.2 Å². The normalized spacial score (nSPS) is 14.1. The first kappa shape index (κ1) is 18.3. The minimum Gasteiger partial charge on any atom is -0.312 e. The van der Waals surface area contributed by atoms with Gasteiger partial charge in [0.1, 0.15) is 11.1 Å². The fraction of sp³-hybridized carbons (Fsp3) is 0.368. The van der Waals surface area contributed by atoms with Crippen LogP contribution in [-0.4, -0.2) is 12.2 Å². The van der Waals surface area contributed by atoms with Crippen LogP contribution in [-0.2, 0) is 12.8 Å². The van der Waals surface area contributed by atoms with Crippen LogP contribution in [0.25, 0.3) is 0 Å². The van der Waals surface area contributed by atoms with Gasteiger partial charge < -0.3 is 5.32 Å². The molecule has 0 spiro atoms. The number of nitrogens with zero attached hydrogens (tertiary/aromatic N) is 1. The summed E-state index contributed by atoms with van der Waals surface area (Å²) < 4.78 is 0. The van der Waals surface area contributed by atoms with Crippen molar-refractivity contribution in [3.63, 3.8) is 0 Å². The van der Waals surface area contributed by atoms with Crippen LogP contribution in [0.2, 0.25) is 5.02 Å². The molecule has 3 rings (SSSR count). The van der Waals surface area contributed by atoms with Crippen molar-refractivity contribution in [2.45, 2.75) is 43.4 Å². The van der Waals surface area contributed by atoms with Crippen molar-refractivity contribution in [3.05, 3.63) is 44.8 Å². The van der Waals surface area contributed by atoms with Gasteiger partial charge in [0.05, 0.1) is 16.1 Å². The lowest BCUT2D eigenvalue weighted by molar-refractivity contribution is 0.102. The number of nitrogens with one attached hydrogen (secondary N) is 1. The van der Waals surface area contributed by atoms with Crippen LogP contribution in [0.1, 0.15) is 52.0 Å². The summed E-state index contributed by atoms with van der Waals surface area (Å²) in [7, 11) is 0. The number of carbonyl (C=O) groups is 1. The number of anilines is 1. The van der Waals surface area contributed by atoms with Crippen LogP contribution in [0.4, 0.5) is 5.00 Å². The maximum absolute atomic E-state index is 12.7. The predicted octanol–water partition coefficient (Wildman–Crippen LogP) is 5.91. The lowest BCUT2D eigenvalue weighted by atomic mass is 9.97. The molecule has 0 atom stereocenters. The third-order valence-electron chi connectivity index (χ3n) is 4.43. The molecule has 1 aromatic carbocycles. The van der Waals surface area contributed by atoms with Gasteiger partial charge in [0, 0.05) is 9.77 Å². The molecule has 1 aliphatic rings. The molecule has 0 saturated heterocycles. The Balaban J connectivity index is 1.91. The molecule has 2 aromatic rings. The summed E-state index contributed by atoms with van der Waals surface area (Å²) in [5.74, 6) is -0.258. The van der Waals surface area contributed by atoms with Crippen molar-refractivity contribution in [2.24, 2.45) is 0 Å². The number of nitriles is 1. The molecule has 0 unspecified atom stereocenters. The summed E-state index contributed by atoms with van der Waals surface area (Å²) in [6.45, 7) is 0. The van der Waals surface area contributed by atoms with Gasteiger partial charge in [0.15, 0.2) is 0 Å². The van der Waals surface area contributed by atoms with Gasteiger partial charge in [0.2, 0.25) is 0 Å². The number of thioether (sulfide) groups is 1. The van der Waals surface area contributed by atoms with Crippen LogP contribution in [0.3, 0.4) is 0 Å². The summed E-state index contributed by atoms with van der Waals surface area (Å²) in [5, 5.41) is 13.6. The highest BCUT2D eigenvalue weighted by atomic mass is 35.5. The molecule has 130 valence electrons. The van der Waals surface area contributed by atoms with Gasteiger partial charge in [-0.15, -0.1) is 23.1 Å². The average molecular weight is 391 g/mol. The smallest absolute Gasteiger partial charge is 0.257 e. The highest BCUT2D eigenvalue weighted by molar-refractivity contribution is 7.98. The first-order valence-corrected chi connectivity index (χ1v) is 10.8. The molecular formula is C19H19ClN2OS2. The quantitative estimate of drug-likeness (QED) is 0.663. The summed E-state index contributed by atoms with van der Waals surface area (Å²) >= 11 is 9.31. The van der Waals surface area contributed by atoms with E-state index in [0.717, 1.165) is 36.1 Å². The molecule has 0 aliphatic heterocycles. The van der Waals surface area contributed by atoms with Crippen molar-refractivity contribution >= 4 is 45.6 Å². The van der Waals surface area contributed by atoms with Crippen molar-refractivity contribution in [1.29, 1.82) is 5.26 Å². The van der Waals surface area contributed by atoms with Crippen LogP contribution in [0.15, 0.2) is 23.1 Å². The molecule has 0 bridgehead atoms. The SMILES string of the molecule is CSc1ccc(Cl)c(C(=O)Nc2sc3c(c2C#N)CCCCCC3)c1. The largest absolute Gasteiger partial charge is 0.312 e. The van der Waals surface area contributed by atoms with Gasteiger partial charge >= 0.3 is 0 Å².